The molecule has 0 aliphatic rings. The summed E-state index contributed by atoms with van der Waals surface area (Å²) in [4.78, 5) is 3.81. The van der Waals surface area contributed by atoms with Crippen molar-refractivity contribution in [2.45, 2.75) is 12.4 Å². The van der Waals surface area contributed by atoms with Gasteiger partial charge in [0, 0.05) is 0 Å². The first-order valence-corrected chi connectivity index (χ1v) is 3.40. The second-order valence-corrected chi connectivity index (χ2v) is 1.99. The van der Waals surface area contributed by atoms with E-state index in [-0.39, 0.29) is 24.8 Å². The monoisotopic (exact) mass is 199 g/mol. The van der Waals surface area contributed by atoms with Crippen molar-refractivity contribution in [2.75, 3.05) is 6.67 Å². The van der Waals surface area contributed by atoms with Gasteiger partial charge in [-0.3, -0.25) is 0 Å². The van der Waals surface area contributed by atoms with Crippen LogP contribution in [0.1, 0.15) is 5.82 Å². The molecule has 6 heteroatoms. The summed E-state index contributed by atoms with van der Waals surface area (Å²) in [5.74, 6) is 0.888. The van der Waals surface area contributed by atoms with Crippen molar-refractivity contribution >= 4 is 24.0 Å². The SMILES string of the molecule is Cl.FCCn1ncnc1CCl. The summed E-state index contributed by atoms with van der Waals surface area (Å²) in [6, 6.07) is 0. The van der Waals surface area contributed by atoms with E-state index < -0.39 is 6.67 Å². The number of hydrogen-bond donors (Lipinski definition) is 0. The largest absolute Gasteiger partial charge is 0.249 e. The smallest absolute Gasteiger partial charge is 0.141 e. The van der Waals surface area contributed by atoms with Crippen LogP contribution in [0, 0.1) is 0 Å². The molecule has 0 spiro atoms. The normalized spacial score (nSPS) is 9.27. The Kier molecular flexibility index (Phi) is 5.15. The predicted molar refractivity (Wildman–Crippen MR) is 42.8 cm³/mol. The first kappa shape index (κ1) is 10.7. The van der Waals surface area contributed by atoms with Gasteiger partial charge in [0.2, 0.25) is 0 Å². The molecule has 0 aromatic carbocycles. The average molecular weight is 200 g/mol. The van der Waals surface area contributed by atoms with E-state index in [0.717, 1.165) is 0 Å². The minimum Gasteiger partial charge on any atom is -0.249 e. The van der Waals surface area contributed by atoms with Gasteiger partial charge in [-0.1, -0.05) is 0 Å². The third-order valence-electron chi connectivity index (χ3n) is 1.11. The van der Waals surface area contributed by atoms with Crippen LogP contribution in [0.2, 0.25) is 0 Å². The zero-order valence-electron chi connectivity index (χ0n) is 5.70. The fraction of sp³-hybridized carbons (Fsp3) is 0.600. The quantitative estimate of drug-likeness (QED) is 0.690. The van der Waals surface area contributed by atoms with E-state index in [9.17, 15) is 4.39 Å². The number of halogens is 3. The number of aromatic nitrogens is 3. The van der Waals surface area contributed by atoms with Gasteiger partial charge in [-0.25, -0.2) is 14.1 Å². The zero-order chi connectivity index (χ0) is 7.40. The first-order chi connectivity index (χ1) is 4.88. The predicted octanol–water partition coefficient (Wildman–Crippen LogP) is 1.41. The lowest BCUT2D eigenvalue weighted by molar-refractivity contribution is 0.421. The minimum absolute atomic E-state index is 0. The van der Waals surface area contributed by atoms with Crippen LogP contribution in [0.4, 0.5) is 4.39 Å². The zero-order valence-corrected chi connectivity index (χ0v) is 7.28. The number of hydrogen-bond acceptors (Lipinski definition) is 2. The average Bonchev–Trinajstić information content (AvgIpc) is 2.36. The van der Waals surface area contributed by atoms with Gasteiger partial charge < -0.3 is 0 Å². The molecular weight excluding hydrogens is 192 g/mol. The van der Waals surface area contributed by atoms with Crippen molar-refractivity contribution in [3.63, 3.8) is 0 Å². The van der Waals surface area contributed by atoms with Crippen molar-refractivity contribution in [3.05, 3.63) is 12.2 Å². The fourth-order valence-electron chi connectivity index (χ4n) is 0.658. The fourth-order valence-corrected chi connectivity index (χ4v) is 0.865. The highest BCUT2D eigenvalue weighted by atomic mass is 35.5. The second kappa shape index (κ2) is 5.32. The number of nitrogens with zero attached hydrogens (tertiary/aromatic N) is 3. The Morgan fingerprint density at radius 2 is 2.36 bits per heavy atom. The van der Waals surface area contributed by atoms with Crippen LogP contribution in [-0.2, 0) is 12.4 Å². The standard InChI is InChI=1S/C5H7ClFN3.ClH/c6-3-5-8-4-9-10(5)2-1-7;/h4H,1-3H2;1H. The van der Waals surface area contributed by atoms with Gasteiger partial charge in [-0.15, -0.1) is 24.0 Å². The Morgan fingerprint density at radius 3 is 2.91 bits per heavy atom. The molecule has 1 rings (SSSR count). The van der Waals surface area contributed by atoms with Crippen LogP contribution in [0.15, 0.2) is 6.33 Å². The Balaban J connectivity index is 0.000001000. The first-order valence-electron chi connectivity index (χ1n) is 2.87. The molecular formula is C5H8Cl2FN3. The molecule has 0 atom stereocenters. The molecule has 0 saturated carbocycles. The Hall–Kier alpha value is -0.350. The summed E-state index contributed by atoms with van der Waals surface area (Å²) < 4.78 is 13.2. The van der Waals surface area contributed by atoms with E-state index in [2.05, 4.69) is 10.1 Å². The van der Waals surface area contributed by atoms with E-state index in [1.165, 1.54) is 11.0 Å². The molecule has 1 aromatic rings. The van der Waals surface area contributed by atoms with E-state index >= 15 is 0 Å². The summed E-state index contributed by atoms with van der Waals surface area (Å²) in [6.45, 7) is -0.199. The van der Waals surface area contributed by atoms with Crippen molar-refractivity contribution in [1.29, 1.82) is 0 Å². The minimum atomic E-state index is -0.437. The summed E-state index contributed by atoms with van der Waals surface area (Å²) >= 11 is 5.46. The summed E-state index contributed by atoms with van der Waals surface area (Å²) in [5, 5.41) is 3.76. The van der Waals surface area contributed by atoms with Gasteiger partial charge in [0.1, 0.15) is 18.8 Å². The van der Waals surface area contributed by atoms with Gasteiger partial charge in [0.05, 0.1) is 12.4 Å². The Morgan fingerprint density at radius 1 is 1.64 bits per heavy atom. The maximum atomic E-state index is 11.7. The molecule has 0 amide bonds. The lowest BCUT2D eigenvalue weighted by atomic mass is 10.6. The molecule has 3 nitrogen and oxygen atoms in total. The number of rotatable bonds is 3. The van der Waals surface area contributed by atoms with Gasteiger partial charge in [-0.05, 0) is 0 Å². The van der Waals surface area contributed by atoms with Crippen LogP contribution in [0.3, 0.4) is 0 Å². The van der Waals surface area contributed by atoms with Crippen LogP contribution >= 0.6 is 24.0 Å². The van der Waals surface area contributed by atoms with Gasteiger partial charge in [0.25, 0.3) is 0 Å². The highest BCUT2D eigenvalue weighted by Gasteiger charge is 1.99. The van der Waals surface area contributed by atoms with Crippen LogP contribution < -0.4 is 0 Å². The summed E-state index contributed by atoms with van der Waals surface area (Å²) in [5.41, 5.74) is 0. The Labute approximate surface area is 75.0 Å². The second-order valence-electron chi connectivity index (χ2n) is 1.72. The highest BCUT2D eigenvalue weighted by Crippen LogP contribution is 1.97. The van der Waals surface area contributed by atoms with Crippen molar-refractivity contribution in [3.8, 4) is 0 Å². The molecule has 0 radical (unpaired) electrons. The third kappa shape index (κ3) is 2.63. The molecule has 0 aliphatic heterocycles. The third-order valence-corrected chi connectivity index (χ3v) is 1.35. The van der Waals surface area contributed by atoms with Gasteiger partial charge in [0.15, 0.2) is 0 Å². The molecule has 0 bridgehead atoms. The molecule has 64 valence electrons. The van der Waals surface area contributed by atoms with Crippen molar-refractivity contribution in [1.82, 2.24) is 14.8 Å². The van der Waals surface area contributed by atoms with E-state index in [1.807, 2.05) is 0 Å². The highest BCUT2D eigenvalue weighted by molar-refractivity contribution is 6.16. The van der Waals surface area contributed by atoms with E-state index in [1.54, 1.807) is 0 Å². The molecule has 0 saturated heterocycles. The topological polar surface area (TPSA) is 30.7 Å². The van der Waals surface area contributed by atoms with Gasteiger partial charge in [-0.2, -0.15) is 5.10 Å². The lowest BCUT2D eigenvalue weighted by Gasteiger charge is -1.97. The molecule has 0 N–H and O–H groups in total. The maximum absolute atomic E-state index is 11.7. The molecule has 1 heterocycles. The van der Waals surface area contributed by atoms with Crippen LogP contribution in [0.5, 0.6) is 0 Å². The summed E-state index contributed by atoms with van der Waals surface area (Å²) in [7, 11) is 0. The van der Waals surface area contributed by atoms with Crippen molar-refractivity contribution < 1.29 is 4.39 Å². The van der Waals surface area contributed by atoms with Crippen LogP contribution in [-0.4, -0.2) is 21.4 Å². The molecule has 11 heavy (non-hydrogen) atoms. The van der Waals surface area contributed by atoms with Crippen LogP contribution in [0.25, 0.3) is 0 Å². The number of alkyl halides is 2. The van der Waals surface area contributed by atoms with E-state index in [4.69, 9.17) is 11.6 Å². The number of aryl methyl sites for hydroxylation is 1. The maximum Gasteiger partial charge on any atom is 0.141 e. The molecule has 0 unspecified atom stereocenters. The van der Waals surface area contributed by atoms with Crippen molar-refractivity contribution in [2.24, 2.45) is 0 Å². The summed E-state index contributed by atoms with van der Waals surface area (Å²) in [6.07, 6.45) is 1.37. The lowest BCUT2D eigenvalue weighted by Crippen LogP contribution is -2.05. The molecule has 1 aromatic heterocycles. The molecule has 0 aliphatic carbocycles. The van der Waals surface area contributed by atoms with E-state index in [0.29, 0.717) is 5.82 Å². The molecule has 0 fully saturated rings. The Bertz CT molecular complexity index is 203. The van der Waals surface area contributed by atoms with Gasteiger partial charge >= 0.3 is 0 Å².